The van der Waals surface area contributed by atoms with E-state index in [9.17, 15) is 9.18 Å². The molecule has 2 aromatic carbocycles. The Hall–Kier alpha value is -2.17. The fraction of sp³-hybridized carbons (Fsp3) is 0.105. The first-order valence-corrected chi connectivity index (χ1v) is 8.81. The highest BCUT2D eigenvalue weighted by Gasteiger charge is 2.30. The third-order valence-electron chi connectivity index (χ3n) is 4.20. The SMILES string of the molecule is O=C1C[C@H](c2cccc(Cl)c2)c2scc(-c3ccccc3F)c2N1. The van der Waals surface area contributed by atoms with Gasteiger partial charge in [0.05, 0.1) is 5.69 Å². The molecule has 1 amide bonds. The number of fused-ring (bicyclic) bond motifs is 1. The molecule has 0 unspecified atom stereocenters. The third-order valence-corrected chi connectivity index (χ3v) is 5.54. The van der Waals surface area contributed by atoms with Gasteiger partial charge in [0.15, 0.2) is 0 Å². The first kappa shape index (κ1) is 15.4. The van der Waals surface area contributed by atoms with Gasteiger partial charge in [-0.05, 0) is 23.8 Å². The largest absolute Gasteiger partial charge is 0.325 e. The molecule has 0 fully saturated rings. The van der Waals surface area contributed by atoms with Crippen LogP contribution in [-0.4, -0.2) is 5.91 Å². The molecule has 1 aliphatic rings. The summed E-state index contributed by atoms with van der Waals surface area (Å²) < 4.78 is 14.2. The smallest absolute Gasteiger partial charge is 0.225 e. The molecule has 3 aromatic rings. The zero-order chi connectivity index (χ0) is 16.7. The first-order chi connectivity index (χ1) is 11.6. The minimum absolute atomic E-state index is 0.0574. The molecule has 1 N–H and O–H groups in total. The Kier molecular flexibility index (Phi) is 3.87. The summed E-state index contributed by atoms with van der Waals surface area (Å²) in [5.41, 5.74) is 2.95. The van der Waals surface area contributed by atoms with Gasteiger partial charge in [-0.1, -0.05) is 41.9 Å². The van der Waals surface area contributed by atoms with Crippen LogP contribution in [0.3, 0.4) is 0 Å². The number of hydrogen-bond acceptors (Lipinski definition) is 2. The summed E-state index contributed by atoms with van der Waals surface area (Å²) in [6.07, 6.45) is 0.366. The molecule has 0 spiro atoms. The van der Waals surface area contributed by atoms with Crippen molar-refractivity contribution in [1.82, 2.24) is 0 Å². The van der Waals surface area contributed by atoms with E-state index in [0.29, 0.717) is 22.7 Å². The molecule has 0 saturated carbocycles. The molecule has 120 valence electrons. The second-order valence-corrected chi connectivity index (χ2v) is 7.08. The van der Waals surface area contributed by atoms with Gasteiger partial charge in [0.25, 0.3) is 0 Å². The van der Waals surface area contributed by atoms with Gasteiger partial charge in [-0.15, -0.1) is 11.3 Å². The monoisotopic (exact) mass is 357 g/mol. The van der Waals surface area contributed by atoms with Crippen LogP contribution in [0.2, 0.25) is 5.02 Å². The lowest BCUT2D eigenvalue weighted by atomic mass is 9.89. The number of rotatable bonds is 2. The number of halogens is 2. The summed E-state index contributed by atoms with van der Waals surface area (Å²) in [6, 6.07) is 14.2. The van der Waals surface area contributed by atoms with Crippen molar-refractivity contribution in [2.24, 2.45) is 0 Å². The molecular weight excluding hydrogens is 345 g/mol. The number of carbonyl (C=O) groups is 1. The van der Waals surface area contributed by atoms with Crippen molar-refractivity contribution >= 4 is 34.5 Å². The van der Waals surface area contributed by atoms with E-state index < -0.39 is 0 Å². The minimum Gasteiger partial charge on any atom is -0.325 e. The topological polar surface area (TPSA) is 29.1 Å². The predicted octanol–water partition coefficient (Wildman–Crippen LogP) is 5.68. The highest BCUT2D eigenvalue weighted by molar-refractivity contribution is 7.11. The van der Waals surface area contributed by atoms with Crippen LogP contribution in [0.25, 0.3) is 11.1 Å². The van der Waals surface area contributed by atoms with Gasteiger partial charge in [0.1, 0.15) is 5.82 Å². The van der Waals surface area contributed by atoms with E-state index >= 15 is 0 Å². The van der Waals surface area contributed by atoms with Gasteiger partial charge in [-0.25, -0.2) is 4.39 Å². The molecule has 0 bridgehead atoms. The van der Waals surface area contributed by atoms with Crippen LogP contribution in [0.5, 0.6) is 0 Å². The molecule has 1 aliphatic heterocycles. The quantitative estimate of drug-likeness (QED) is 0.628. The first-order valence-electron chi connectivity index (χ1n) is 7.55. The Morgan fingerprint density at radius 3 is 2.75 bits per heavy atom. The molecule has 1 aromatic heterocycles. The molecule has 0 saturated heterocycles. The number of thiophene rings is 1. The van der Waals surface area contributed by atoms with Crippen molar-refractivity contribution in [1.29, 1.82) is 0 Å². The Balaban J connectivity index is 1.85. The van der Waals surface area contributed by atoms with E-state index in [1.165, 1.54) is 6.07 Å². The molecule has 2 nitrogen and oxygen atoms in total. The normalized spacial score (nSPS) is 16.6. The van der Waals surface area contributed by atoms with Gasteiger partial charge in [-0.2, -0.15) is 0 Å². The van der Waals surface area contributed by atoms with E-state index in [2.05, 4.69) is 5.32 Å². The number of amides is 1. The van der Waals surface area contributed by atoms with E-state index in [0.717, 1.165) is 16.0 Å². The van der Waals surface area contributed by atoms with Crippen LogP contribution in [0, 0.1) is 5.82 Å². The maximum atomic E-state index is 14.2. The summed E-state index contributed by atoms with van der Waals surface area (Å²) in [4.78, 5) is 13.3. The van der Waals surface area contributed by atoms with Crippen molar-refractivity contribution in [3.8, 4) is 11.1 Å². The Labute approximate surface area is 147 Å². The average Bonchev–Trinajstić information content (AvgIpc) is 2.98. The van der Waals surface area contributed by atoms with Crippen molar-refractivity contribution in [2.75, 3.05) is 5.32 Å². The van der Waals surface area contributed by atoms with Crippen LogP contribution < -0.4 is 5.32 Å². The second-order valence-electron chi connectivity index (χ2n) is 5.73. The minimum atomic E-state index is -0.294. The van der Waals surface area contributed by atoms with Crippen LogP contribution in [0.1, 0.15) is 22.8 Å². The summed E-state index contributed by atoms with van der Waals surface area (Å²) in [5.74, 6) is -0.418. The van der Waals surface area contributed by atoms with Crippen molar-refractivity contribution < 1.29 is 9.18 Å². The number of carbonyl (C=O) groups excluding carboxylic acids is 1. The van der Waals surface area contributed by atoms with Crippen LogP contribution in [0.4, 0.5) is 10.1 Å². The van der Waals surface area contributed by atoms with E-state index in [1.807, 2.05) is 29.6 Å². The third kappa shape index (κ3) is 2.62. The van der Waals surface area contributed by atoms with Gasteiger partial charge in [0.2, 0.25) is 5.91 Å². The number of anilines is 1. The van der Waals surface area contributed by atoms with Gasteiger partial charge in [0, 0.05) is 38.7 Å². The predicted molar refractivity (Wildman–Crippen MR) is 96.3 cm³/mol. The molecule has 24 heavy (non-hydrogen) atoms. The molecule has 5 heteroatoms. The molecule has 0 aliphatic carbocycles. The number of nitrogens with one attached hydrogen (secondary N) is 1. The highest BCUT2D eigenvalue weighted by Crippen LogP contribution is 2.47. The molecular formula is C19H13ClFNOS. The van der Waals surface area contributed by atoms with Gasteiger partial charge >= 0.3 is 0 Å². The number of hydrogen-bond donors (Lipinski definition) is 1. The zero-order valence-corrected chi connectivity index (χ0v) is 14.1. The van der Waals surface area contributed by atoms with Crippen molar-refractivity contribution in [3.05, 3.63) is 75.2 Å². The average molecular weight is 358 g/mol. The van der Waals surface area contributed by atoms with Crippen LogP contribution in [-0.2, 0) is 4.79 Å². The van der Waals surface area contributed by atoms with Crippen LogP contribution >= 0.6 is 22.9 Å². The van der Waals surface area contributed by atoms with E-state index in [4.69, 9.17) is 11.6 Å². The summed E-state index contributed by atoms with van der Waals surface area (Å²) in [5, 5.41) is 5.47. The van der Waals surface area contributed by atoms with Gasteiger partial charge in [-0.3, -0.25) is 4.79 Å². The fourth-order valence-corrected chi connectivity index (χ4v) is 4.45. The standard InChI is InChI=1S/C19H13ClFNOS/c20-12-5-3-4-11(8-12)14-9-17(23)22-18-15(10-24-19(14)18)13-6-1-2-7-16(13)21/h1-8,10,14H,9H2,(H,22,23)/t14-/m1/s1. The molecule has 4 rings (SSSR count). The van der Waals surface area contributed by atoms with Gasteiger partial charge < -0.3 is 5.32 Å². The van der Waals surface area contributed by atoms with E-state index in [1.54, 1.807) is 29.5 Å². The Morgan fingerprint density at radius 2 is 1.96 bits per heavy atom. The highest BCUT2D eigenvalue weighted by atomic mass is 35.5. The summed E-state index contributed by atoms with van der Waals surface area (Å²) in [7, 11) is 0. The summed E-state index contributed by atoms with van der Waals surface area (Å²) in [6.45, 7) is 0. The lowest BCUT2D eigenvalue weighted by molar-refractivity contribution is -0.116. The molecule has 0 radical (unpaired) electrons. The maximum Gasteiger partial charge on any atom is 0.225 e. The molecule has 2 heterocycles. The molecule has 1 atom stereocenters. The van der Waals surface area contributed by atoms with E-state index in [-0.39, 0.29) is 17.6 Å². The zero-order valence-electron chi connectivity index (χ0n) is 12.6. The van der Waals surface area contributed by atoms with Crippen molar-refractivity contribution in [2.45, 2.75) is 12.3 Å². The second kappa shape index (κ2) is 6.04. The summed E-state index contributed by atoms with van der Waals surface area (Å²) >= 11 is 7.64. The maximum absolute atomic E-state index is 14.2. The van der Waals surface area contributed by atoms with Crippen molar-refractivity contribution in [3.63, 3.8) is 0 Å². The Bertz CT molecular complexity index is 937. The number of benzene rings is 2. The lowest BCUT2D eigenvalue weighted by Crippen LogP contribution is -2.22. The fourth-order valence-electron chi connectivity index (χ4n) is 3.10. The Morgan fingerprint density at radius 1 is 1.12 bits per heavy atom. The van der Waals surface area contributed by atoms with Crippen LogP contribution in [0.15, 0.2) is 53.9 Å². The lowest BCUT2D eigenvalue weighted by Gasteiger charge is -2.24.